The average Bonchev–Trinajstić information content (AvgIpc) is 3.04. The van der Waals surface area contributed by atoms with Crippen LogP contribution in [0.4, 0.5) is 8.78 Å². The Morgan fingerprint density at radius 1 is 1.38 bits per heavy atom. The summed E-state index contributed by atoms with van der Waals surface area (Å²) >= 11 is 0. The van der Waals surface area contributed by atoms with Crippen LogP contribution in [-0.4, -0.2) is 44.5 Å². The fourth-order valence-corrected chi connectivity index (χ4v) is 3.74. The zero-order valence-electron chi connectivity index (χ0n) is 15.4. The number of benzene rings is 1. The first-order valence-corrected chi connectivity index (χ1v) is 9.03. The molecule has 10 heteroatoms. The van der Waals surface area contributed by atoms with E-state index in [9.17, 15) is 28.6 Å². The molecule has 1 aromatic carbocycles. The van der Waals surface area contributed by atoms with Crippen LogP contribution in [0.25, 0.3) is 0 Å². The fourth-order valence-electron chi connectivity index (χ4n) is 3.74. The van der Waals surface area contributed by atoms with Crippen LogP contribution in [0.15, 0.2) is 29.2 Å². The molecule has 2 aromatic rings. The molecule has 154 valence electrons. The molecule has 0 radical (unpaired) electrons. The minimum atomic E-state index is -1.26. The molecule has 8 nitrogen and oxygen atoms in total. The molecule has 0 saturated carbocycles. The lowest BCUT2D eigenvalue weighted by Crippen LogP contribution is -2.47. The number of hydrogen-bond donors (Lipinski definition) is 3. The highest BCUT2D eigenvalue weighted by Crippen LogP contribution is 2.36. The summed E-state index contributed by atoms with van der Waals surface area (Å²) in [6.45, 7) is 2.17. The van der Waals surface area contributed by atoms with Crippen molar-refractivity contribution in [2.45, 2.75) is 38.5 Å². The van der Waals surface area contributed by atoms with Crippen molar-refractivity contribution in [3.8, 4) is 5.75 Å². The van der Waals surface area contributed by atoms with Gasteiger partial charge in [-0.1, -0.05) is 6.07 Å². The van der Waals surface area contributed by atoms with Gasteiger partial charge >= 0.3 is 0 Å². The van der Waals surface area contributed by atoms with Crippen molar-refractivity contribution in [3.05, 3.63) is 63.1 Å². The maximum Gasteiger partial charge on any atom is 0.257 e. The van der Waals surface area contributed by atoms with Crippen molar-refractivity contribution >= 4 is 5.91 Å². The molecular weight excluding hydrogens is 388 g/mol. The first-order valence-electron chi connectivity index (χ1n) is 9.03. The summed E-state index contributed by atoms with van der Waals surface area (Å²) in [5.74, 6) is -3.13. The molecule has 2 aliphatic heterocycles. The molecule has 1 aromatic heterocycles. The highest BCUT2D eigenvalue weighted by Gasteiger charge is 2.43. The highest BCUT2D eigenvalue weighted by atomic mass is 19.1. The molecule has 0 spiro atoms. The van der Waals surface area contributed by atoms with Crippen LogP contribution in [0.3, 0.4) is 0 Å². The number of aliphatic hydroxyl groups is 1. The lowest BCUT2D eigenvalue weighted by atomic mass is 10.1. The lowest BCUT2D eigenvalue weighted by molar-refractivity contribution is -0.105. The number of fused-ring (bicyclic) bond motifs is 2. The van der Waals surface area contributed by atoms with E-state index >= 15 is 0 Å². The van der Waals surface area contributed by atoms with Gasteiger partial charge in [0.25, 0.3) is 5.91 Å². The smallest absolute Gasteiger partial charge is 0.257 e. The largest absolute Gasteiger partial charge is 0.503 e. The number of aromatic nitrogens is 1. The highest BCUT2D eigenvalue weighted by molar-refractivity contribution is 5.94. The van der Waals surface area contributed by atoms with Crippen LogP contribution >= 0.6 is 0 Å². The number of halogens is 2. The third-order valence-corrected chi connectivity index (χ3v) is 5.25. The number of pyridine rings is 1. The first kappa shape index (κ1) is 19.5. The van der Waals surface area contributed by atoms with Crippen molar-refractivity contribution in [1.82, 2.24) is 14.8 Å². The number of hydrogen-bond acceptors (Lipinski definition) is 6. The van der Waals surface area contributed by atoms with E-state index in [1.165, 1.54) is 16.8 Å². The second-order valence-corrected chi connectivity index (χ2v) is 7.13. The SMILES string of the molecule is C[C@@H]1CO[C@H]2Cn3cc(C(=O)NCc4ccc(F)cc4F)c(=O)c(O)c3C(O)N12. The van der Waals surface area contributed by atoms with E-state index in [4.69, 9.17) is 4.74 Å². The molecule has 29 heavy (non-hydrogen) atoms. The summed E-state index contributed by atoms with van der Waals surface area (Å²) in [5.41, 5.74) is -1.27. The Bertz CT molecular complexity index is 1040. The number of nitrogens with one attached hydrogen (secondary N) is 1. The van der Waals surface area contributed by atoms with Crippen molar-refractivity contribution in [3.63, 3.8) is 0 Å². The number of carbonyl (C=O) groups is 1. The first-order chi connectivity index (χ1) is 13.8. The monoisotopic (exact) mass is 407 g/mol. The van der Waals surface area contributed by atoms with Gasteiger partial charge in [0.05, 0.1) is 13.2 Å². The molecule has 3 N–H and O–H groups in total. The fraction of sp³-hybridized carbons (Fsp3) is 0.368. The quantitative estimate of drug-likeness (QED) is 0.696. The molecule has 1 amide bonds. The predicted molar refractivity (Wildman–Crippen MR) is 95.9 cm³/mol. The third kappa shape index (κ3) is 3.28. The van der Waals surface area contributed by atoms with E-state index < -0.39 is 41.2 Å². The van der Waals surface area contributed by atoms with E-state index in [0.29, 0.717) is 12.7 Å². The summed E-state index contributed by atoms with van der Waals surface area (Å²) in [7, 11) is 0. The molecule has 1 unspecified atom stereocenters. The number of nitrogens with zero attached hydrogens (tertiary/aromatic N) is 2. The van der Waals surface area contributed by atoms with Crippen LogP contribution in [0.5, 0.6) is 5.75 Å². The topological polar surface area (TPSA) is 104 Å². The standard InChI is InChI=1S/C19H19F2N3O5/c1-9-8-29-14-7-23-6-12(16(25)17(26)15(23)19(28)24(9)14)18(27)22-5-10-2-3-11(20)4-13(10)21/h2-4,6,9,14,19,26,28H,5,7-8H2,1H3,(H,22,27)/t9-,14+,19?/m1/s1. The molecule has 3 heterocycles. The molecule has 0 bridgehead atoms. The Labute approximate surface area is 163 Å². The number of carbonyl (C=O) groups excluding carboxylic acids is 1. The number of ether oxygens (including phenoxy) is 1. The van der Waals surface area contributed by atoms with Gasteiger partial charge in [-0.15, -0.1) is 0 Å². The van der Waals surface area contributed by atoms with Crippen molar-refractivity contribution in [1.29, 1.82) is 0 Å². The summed E-state index contributed by atoms with van der Waals surface area (Å²) < 4.78 is 33.7. The van der Waals surface area contributed by atoms with E-state index in [1.54, 1.807) is 4.90 Å². The minimum Gasteiger partial charge on any atom is -0.503 e. The van der Waals surface area contributed by atoms with E-state index in [1.807, 2.05) is 6.92 Å². The number of aromatic hydroxyl groups is 1. The summed E-state index contributed by atoms with van der Waals surface area (Å²) in [6, 6.07) is 2.83. The van der Waals surface area contributed by atoms with Crippen molar-refractivity contribution in [2.24, 2.45) is 0 Å². The Morgan fingerprint density at radius 3 is 2.86 bits per heavy atom. The molecule has 2 aliphatic rings. The minimum absolute atomic E-state index is 0.00951. The van der Waals surface area contributed by atoms with Gasteiger partial charge in [0.15, 0.2) is 12.0 Å². The summed E-state index contributed by atoms with van der Waals surface area (Å²) in [5, 5.41) is 23.3. The van der Waals surface area contributed by atoms with Crippen LogP contribution in [-0.2, 0) is 17.8 Å². The Morgan fingerprint density at radius 2 is 2.14 bits per heavy atom. The second-order valence-electron chi connectivity index (χ2n) is 7.13. The normalized spacial score (nSPS) is 23.5. The van der Waals surface area contributed by atoms with Gasteiger partial charge in [0, 0.05) is 30.4 Å². The van der Waals surface area contributed by atoms with Crippen LogP contribution in [0.1, 0.15) is 34.8 Å². The van der Waals surface area contributed by atoms with Gasteiger partial charge in [0.1, 0.15) is 29.1 Å². The predicted octanol–water partition coefficient (Wildman–Crippen LogP) is 0.813. The van der Waals surface area contributed by atoms with E-state index in [0.717, 1.165) is 6.07 Å². The van der Waals surface area contributed by atoms with Gasteiger partial charge in [-0.25, -0.2) is 13.7 Å². The van der Waals surface area contributed by atoms with Crippen LogP contribution in [0.2, 0.25) is 0 Å². The zero-order chi connectivity index (χ0) is 20.9. The zero-order valence-corrected chi connectivity index (χ0v) is 15.4. The van der Waals surface area contributed by atoms with Gasteiger partial charge in [-0.2, -0.15) is 0 Å². The Kier molecular flexibility index (Phi) is 4.85. The maximum absolute atomic E-state index is 13.7. The van der Waals surface area contributed by atoms with Crippen LogP contribution in [0, 0.1) is 11.6 Å². The lowest BCUT2D eigenvalue weighted by Gasteiger charge is -2.38. The molecule has 4 rings (SSSR count). The molecule has 3 atom stereocenters. The molecular formula is C19H19F2N3O5. The second kappa shape index (κ2) is 7.21. The van der Waals surface area contributed by atoms with Crippen molar-refractivity contribution in [2.75, 3.05) is 6.61 Å². The molecule has 0 aliphatic carbocycles. The third-order valence-electron chi connectivity index (χ3n) is 5.25. The average molecular weight is 407 g/mol. The Hall–Kier alpha value is -2.82. The van der Waals surface area contributed by atoms with E-state index in [-0.39, 0.29) is 36.0 Å². The number of rotatable bonds is 3. The summed E-state index contributed by atoms with van der Waals surface area (Å²) in [6.07, 6.45) is -0.483. The van der Waals surface area contributed by atoms with Gasteiger partial charge in [0.2, 0.25) is 5.43 Å². The number of aliphatic hydroxyl groups excluding tert-OH is 1. The Balaban J connectivity index is 1.61. The summed E-state index contributed by atoms with van der Waals surface area (Å²) in [4.78, 5) is 26.6. The number of amides is 1. The van der Waals surface area contributed by atoms with Gasteiger partial charge in [-0.05, 0) is 13.0 Å². The molecule has 1 fully saturated rings. The maximum atomic E-state index is 13.7. The van der Waals surface area contributed by atoms with Gasteiger partial charge < -0.3 is 24.8 Å². The molecule has 1 saturated heterocycles. The van der Waals surface area contributed by atoms with Crippen molar-refractivity contribution < 1.29 is 28.5 Å². The van der Waals surface area contributed by atoms with E-state index in [2.05, 4.69) is 5.32 Å². The van der Waals surface area contributed by atoms with Gasteiger partial charge in [-0.3, -0.25) is 9.59 Å². The van der Waals surface area contributed by atoms with Crippen LogP contribution < -0.4 is 10.7 Å².